The third-order valence-electron chi connectivity index (χ3n) is 11.6. The molecule has 0 saturated heterocycles. The van der Waals surface area contributed by atoms with E-state index in [1.165, 1.54) is 54.9 Å². The highest BCUT2D eigenvalue weighted by molar-refractivity contribution is 6.18. The van der Waals surface area contributed by atoms with Gasteiger partial charge in [-0.2, -0.15) is 0 Å². The standard InChI is InChI=1S/C51H41NO/c1-50(2,3)35-22-24-36(25-23-35)52(37-26-27-39-42-29-33-14-6-7-15-34(33)30-43(42)51(4,5)44(39)31-37)45-28-21-32-13-8-9-16-38(32)48(45)41-18-12-20-47-49(41)40-17-10-11-19-46(40)53-47/h6-31H,1-5H3. The molecule has 2 nitrogen and oxygen atoms in total. The lowest BCUT2D eigenvalue weighted by atomic mass is 9.81. The van der Waals surface area contributed by atoms with Crippen molar-refractivity contribution in [1.82, 2.24) is 0 Å². The van der Waals surface area contributed by atoms with Crippen LogP contribution in [0.15, 0.2) is 162 Å². The molecule has 1 aliphatic carbocycles. The van der Waals surface area contributed by atoms with Gasteiger partial charge < -0.3 is 9.32 Å². The fourth-order valence-electron chi connectivity index (χ4n) is 8.80. The van der Waals surface area contributed by atoms with E-state index < -0.39 is 0 Å². The Morgan fingerprint density at radius 3 is 1.91 bits per heavy atom. The summed E-state index contributed by atoms with van der Waals surface area (Å²) in [5.41, 5.74) is 14.1. The molecule has 1 heterocycles. The van der Waals surface area contributed by atoms with Gasteiger partial charge in [0.1, 0.15) is 11.2 Å². The molecule has 8 aromatic carbocycles. The molecular formula is C51H41NO. The number of fused-ring (bicyclic) bond motifs is 8. The molecule has 10 rings (SSSR count). The largest absolute Gasteiger partial charge is 0.456 e. The zero-order valence-corrected chi connectivity index (χ0v) is 30.9. The molecule has 53 heavy (non-hydrogen) atoms. The summed E-state index contributed by atoms with van der Waals surface area (Å²) >= 11 is 0. The highest BCUT2D eigenvalue weighted by atomic mass is 16.3. The SMILES string of the molecule is CC(C)(C)c1ccc(N(c2ccc3c(c2)C(C)(C)c2cc4ccccc4cc2-3)c2ccc3ccccc3c2-c2cccc3oc4ccccc4c23)cc1. The fraction of sp³-hybridized carbons (Fsp3) is 0.137. The van der Waals surface area contributed by atoms with Gasteiger partial charge in [0, 0.05) is 33.1 Å². The first-order chi connectivity index (χ1) is 25.7. The molecule has 1 aliphatic rings. The van der Waals surface area contributed by atoms with Gasteiger partial charge in [0.2, 0.25) is 0 Å². The summed E-state index contributed by atoms with van der Waals surface area (Å²) in [6, 6.07) is 58.1. The van der Waals surface area contributed by atoms with Crippen LogP contribution in [-0.4, -0.2) is 0 Å². The Hall–Kier alpha value is -6.12. The van der Waals surface area contributed by atoms with Crippen molar-refractivity contribution in [2.45, 2.75) is 45.4 Å². The van der Waals surface area contributed by atoms with Crippen molar-refractivity contribution in [3.63, 3.8) is 0 Å². The van der Waals surface area contributed by atoms with E-state index in [1.807, 2.05) is 6.07 Å². The van der Waals surface area contributed by atoms with Crippen molar-refractivity contribution in [2.24, 2.45) is 0 Å². The summed E-state index contributed by atoms with van der Waals surface area (Å²) in [7, 11) is 0. The third kappa shape index (κ3) is 4.86. The van der Waals surface area contributed by atoms with E-state index in [1.54, 1.807) is 0 Å². The third-order valence-corrected chi connectivity index (χ3v) is 11.6. The summed E-state index contributed by atoms with van der Waals surface area (Å²) in [5, 5.41) is 7.25. The second-order valence-electron chi connectivity index (χ2n) is 16.2. The smallest absolute Gasteiger partial charge is 0.136 e. The van der Waals surface area contributed by atoms with E-state index in [9.17, 15) is 0 Å². The van der Waals surface area contributed by atoms with E-state index in [0.717, 1.165) is 44.6 Å². The summed E-state index contributed by atoms with van der Waals surface area (Å²) in [5.74, 6) is 0. The number of hydrogen-bond donors (Lipinski definition) is 0. The Balaban J connectivity index is 1.26. The van der Waals surface area contributed by atoms with E-state index in [4.69, 9.17) is 4.42 Å². The van der Waals surface area contributed by atoms with Crippen LogP contribution in [0.25, 0.3) is 65.7 Å². The average Bonchev–Trinajstić information content (AvgIpc) is 3.66. The number of para-hydroxylation sites is 1. The quantitative estimate of drug-likeness (QED) is 0.184. The second kappa shape index (κ2) is 11.4. The molecule has 0 radical (unpaired) electrons. The topological polar surface area (TPSA) is 16.4 Å². The summed E-state index contributed by atoms with van der Waals surface area (Å²) < 4.78 is 6.46. The van der Waals surface area contributed by atoms with Gasteiger partial charge in [-0.3, -0.25) is 0 Å². The van der Waals surface area contributed by atoms with Crippen LogP contribution in [0, 0.1) is 0 Å². The first-order valence-corrected chi connectivity index (χ1v) is 18.7. The molecule has 0 spiro atoms. The molecular weight excluding hydrogens is 643 g/mol. The highest BCUT2D eigenvalue weighted by Crippen LogP contribution is 2.53. The molecule has 256 valence electrons. The predicted molar refractivity (Wildman–Crippen MR) is 225 cm³/mol. The average molecular weight is 684 g/mol. The molecule has 0 bridgehead atoms. The van der Waals surface area contributed by atoms with Crippen LogP contribution in [0.1, 0.15) is 51.3 Å². The van der Waals surface area contributed by atoms with Crippen LogP contribution in [-0.2, 0) is 10.8 Å². The maximum absolute atomic E-state index is 6.46. The first-order valence-electron chi connectivity index (χ1n) is 18.7. The number of furan rings is 1. The molecule has 9 aromatic rings. The van der Waals surface area contributed by atoms with Crippen LogP contribution in [0.2, 0.25) is 0 Å². The number of anilines is 3. The molecule has 0 N–H and O–H groups in total. The monoisotopic (exact) mass is 683 g/mol. The molecule has 0 fully saturated rings. The van der Waals surface area contributed by atoms with Crippen LogP contribution in [0.3, 0.4) is 0 Å². The van der Waals surface area contributed by atoms with Gasteiger partial charge in [-0.15, -0.1) is 0 Å². The van der Waals surface area contributed by atoms with Crippen molar-refractivity contribution in [1.29, 1.82) is 0 Å². The normalized spacial score (nSPS) is 13.5. The predicted octanol–water partition coefficient (Wildman–Crippen LogP) is 14.6. The van der Waals surface area contributed by atoms with Crippen molar-refractivity contribution < 1.29 is 4.42 Å². The number of benzene rings is 8. The van der Waals surface area contributed by atoms with Crippen molar-refractivity contribution in [3.05, 3.63) is 174 Å². The summed E-state index contributed by atoms with van der Waals surface area (Å²) in [6.07, 6.45) is 0. The Morgan fingerprint density at radius 2 is 1.13 bits per heavy atom. The maximum atomic E-state index is 6.46. The lowest BCUT2D eigenvalue weighted by molar-refractivity contribution is 0.590. The van der Waals surface area contributed by atoms with Gasteiger partial charge in [-0.1, -0.05) is 138 Å². The van der Waals surface area contributed by atoms with E-state index in [0.29, 0.717) is 0 Å². The van der Waals surface area contributed by atoms with Gasteiger partial charge in [-0.05, 0) is 115 Å². The van der Waals surface area contributed by atoms with Gasteiger partial charge in [0.15, 0.2) is 0 Å². The van der Waals surface area contributed by atoms with E-state index in [-0.39, 0.29) is 10.8 Å². The molecule has 0 unspecified atom stereocenters. The van der Waals surface area contributed by atoms with Crippen molar-refractivity contribution in [3.8, 4) is 22.3 Å². The van der Waals surface area contributed by atoms with Crippen molar-refractivity contribution in [2.75, 3.05) is 4.90 Å². The Kier molecular flexibility index (Phi) is 6.82. The number of nitrogens with zero attached hydrogens (tertiary/aromatic N) is 1. The van der Waals surface area contributed by atoms with Crippen LogP contribution in [0.5, 0.6) is 0 Å². The highest BCUT2D eigenvalue weighted by Gasteiger charge is 2.36. The fourth-order valence-corrected chi connectivity index (χ4v) is 8.80. The first kappa shape index (κ1) is 31.6. The van der Waals surface area contributed by atoms with Gasteiger partial charge >= 0.3 is 0 Å². The second-order valence-corrected chi connectivity index (χ2v) is 16.2. The number of hydrogen-bond acceptors (Lipinski definition) is 2. The summed E-state index contributed by atoms with van der Waals surface area (Å²) in [4.78, 5) is 2.48. The zero-order valence-electron chi connectivity index (χ0n) is 30.9. The molecule has 0 saturated carbocycles. The van der Waals surface area contributed by atoms with Gasteiger partial charge in [0.05, 0.1) is 5.69 Å². The zero-order chi connectivity index (χ0) is 36.1. The molecule has 0 aliphatic heterocycles. The van der Waals surface area contributed by atoms with Crippen LogP contribution >= 0.6 is 0 Å². The van der Waals surface area contributed by atoms with Gasteiger partial charge in [0.25, 0.3) is 0 Å². The van der Waals surface area contributed by atoms with Crippen molar-refractivity contribution >= 4 is 60.5 Å². The minimum Gasteiger partial charge on any atom is -0.456 e. The Morgan fingerprint density at radius 1 is 0.491 bits per heavy atom. The summed E-state index contributed by atoms with van der Waals surface area (Å²) in [6.45, 7) is 11.6. The lowest BCUT2D eigenvalue weighted by Crippen LogP contribution is -2.17. The molecule has 0 amide bonds. The molecule has 2 heteroatoms. The maximum Gasteiger partial charge on any atom is 0.136 e. The minimum absolute atomic E-state index is 0.0440. The van der Waals surface area contributed by atoms with Gasteiger partial charge in [-0.25, -0.2) is 0 Å². The molecule has 1 aromatic heterocycles. The minimum atomic E-state index is -0.167. The van der Waals surface area contributed by atoms with E-state index in [2.05, 4.69) is 191 Å². The Labute approximate surface area is 310 Å². The lowest BCUT2D eigenvalue weighted by Gasteiger charge is -2.31. The van der Waals surface area contributed by atoms with Crippen LogP contribution < -0.4 is 4.90 Å². The molecule has 0 atom stereocenters. The number of rotatable bonds is 4. The van der Waals surface area contributed by atoms with Crippen LogP contribution in [0.4, 0.5) is 17.1 Å². The Bertz CT molecular complexity index is 2900. The van der Waals surface area contributed by atoms with E-state index >= 15 is 0 Å².